The summed E-state index contributed by atoms with van der Waals surface area (Å²) >= 11 is 1.67. The molecule has 1 aliphatic rings. The van der Waals surface area contributed by atoms with E-state index in [-0.39, 0.29) is 10.6 Å². The standard InChI is InChI=1S/C20H17N5O4S2/c1-12(23-24-15-8-7-14(31(21,28)29)11-18(15)25(26)27)13-6-9-20-17(10-13)22-16-4-2-3-5-19(16)30-20/h2-11,22,24H,1H3,(H2,21,28,29)/b23-12-. The van der Waals surface area contributed by atoms with E-state index in [0.29, 0.717) is 5.71 Å². The van der Waals surface area contributed by atoms with Gasteiger partial charge in [0.2, 0.25) is 10.0 Å². The van der Waals surface area contributed by atoms with Crippen molar-refractivity contribution < 1.29 is 13.3 Å². The minimum absolute atomic E-state index is 0.0531. The summed E-state index contributed by atoms with van der Waals surface area (Å²) < 4.78 is 22.9. The van der Waals surface area contributed by atoms with Crippen LogP contribution in [0.2, 0.25) is 0 Å². The first-order valence-corrected chi connectivity index (χ1v) is 11.4. The molecule has 1 heterocycles. The fourth-order valence-corrected chi connectivity index (χ4v) is 4.51. The van der Waals surface area contributed by atoms with E-state index in [4.69, 9.17) is 5.14 Å². The van der Waals surface area contributed by atoms with Crippen LogP contribution in [-0.2, 0) is 10.0 Å². The quantitative estimate of drug-likeness (QED) is 0.232. The number of nitrogens with one attached hydrogen (secondary N) is 2. The van der Waals surface area contributed by atoms with Gasteiger partial charge < -0.3 is 5.32 Å². The van der Waals surface area contributed by atoms with Crippen LogP contribution in [0.15, 0.2) is 80.5 Å². The third-order valence-electron chi connectivity index (χ3n) is 4.61. The second-order valence-corrected chi connectivity index (χ2v) is 9.37. The summed E-state index contributed by atoms with van der Waals surface area (Å²) in [6, 6.07) is 17.2. The summed E-state index contributed by atoms with van der Waals surface area (Å²) in [5.41, 5.74) is 5.65. The number of hydrogen-bond donors (Lipinski definition) is 3. The number of nitrogens with two attached hydrogens (primary N) is 1. The highest BCUT2D eigenvalue weighted by Crippen LogP contribution is 2.44. The highest BCUT2D eigenvalue weighted by Gasteiger charge is 2.19. The number of nitro benzene ring substituents is 1. The van der Waals surface area contributed by atoms with Crippen LogP contribution >= 0.6 is 11.8 Å². The van der Waals surface area contributed by atoms with Crippen molar-refractivity contribution in [2.24, 2.45) is 10.2 Å². The zero-order valence-corrected chi connectivity index (χ0v) is 17.8. The molecule has 0 saturated heterocycles. The third-order valence-corrected chi connectivity index (χ3v) is 6.67. The smallest absolute Gasteiger partial charge is 0.295 e. The van der Waals surface area contributed by atoms with Crippen molar-refractivity contribution in [1.82, 2.24) is 0 Å². The molecule has 0 radical (unpaired) electrons. The van der Waals surface area contributed by atoms with Crippen LogP contribution in [0.25, 0.3) is 0 Å². The van der Waals surface area contributed by atoms with Crippen LogP contribution < -0.4 is 15.9 Å². The van der Waals surface area contributed by atoms with Gasteiger partial charge in [0.15, 0.2) is 0 Å². The van der Waals surface area contributed by atoms with Crippen LogP contribution in [0.5, 0.6) is 0 Å². The third kappa shape index (κ3) is 4.38. The zero-order valence-electron chi connectivity index (χ0n) is 16.2. The van der Waals surface area contributed by atoms with Crippen molar-refractivity contribution in [3.63, 3.8) is 0 Å². The van der Waals surface area contributed by atoms with Gasteiger partial charge in [-0.3, -0.25) is 15.5 Å². The van der Waals surface area contributed by atoms with E-state index >= 15 is 0 Å². The Morgan fingerprint density at radius 2 is 1.84 bits per heavy atom. The molecule has 0 aliphatic carbocycles. The molecule has 3 aromatic rings. The second kappa shape index (κ2) is 8.02. The van der Waals surface area contributed by atoms with Crippen LogP contribution in [-0.4, -0.2) is 19.1 Å². The summed E-state index contributed by atoms with van der Waals surface area (Å²) in [5, 5.41) is 24.0. The maximum atomic E-state index is 11.5. The number of benzene rings is 3. The summed E-state index contributed by atoms with van der Waals surface area (Å²) in [4.78, 5) is 12.5. The van der Waals surface area contributed by atoms with Gasteiger partial charge in [-0.1, -0.05) is 30.0 Å². The van der Waals surface area contributed by atoms with Crippen LogP contribution in [0.4, 0.5) is 22.7 Å². The topological polar surface area (TPSA) is 140 Å². The highest BCUT2D eigenvalue weighted by atomic mass is 32.2. The van der Waals surface area contributed by atoms with E-state index in [9.17, 15) is 18.5 Å². The minimum atomic E-state index is -4.06. The number of hydrogen-bond acceptors (Lipinski definition) is 8. The average Bonchev–Trinajstić information content (AvgIpc) is 2.74. The van der Waals surface area contributed by atoms with Gasteiger partial charge in [-0.05, 0) is 48.9 Å². The van der Waals surface area contributed by atoms with Gasteiger partial charge in [-0.15, -0.1) is 0 Å². The zero-order chi connectivity index (χ0) is 22.2. The molecule has 0 unspecified atom stereocenters. The van der Waals surface area contributed by atoms with Gasteiger partial charge in [0.25, 0.3) is 5.69 Å². The monoisotopic (exact) mass is 455 g/mol. The van der Waals surface area contributed by atoms with Crippen molar-refractivity contribution in [2.75, 3.05) is 10.7 Å². The van der Waals surface area contributed by atoms with Crippen LogP contribution in [0.3, 0.4) is 0 Å². The lowest BCUT2D eigenvalue weighted by Gasteiger charge is -2.21. The molecule has 31 heavy (non-hydrogen) atoms. The Labute approximate surface area is 182 Å². The molecule has 158 valence electrons. The van der Waals surface area contributed by atoms with E-state index in [2.05, 4.69) is 21.9 Å². The first-order chi connectivity index (χ1) is 14.7. The van der Waals surface area contributed by atoms with E-state index in [0.717, 1.165) is 32.8 Å². The predicted octanol–water partition coefficient (Wildman–Crippen LogP) is 4.29. The lowest BCUT2D eigenvalue weighted by molar-refractivity contribution is -0.384. The van der Waals surface area contributed by atoms with E-state index < -0.39 is 20.6 Å². The Bertz CT molecular complexity index is 1340. The molecule has 0 atom stereocenters. The second-order valence-electron chi connectivity index (χ2n) is 6.72. The number of anilines is 3. The first-order valence-electron chi connectivity index (χ1n) is 9.02. The number of rotatable bonds is 5. The molecule has 0 spiro atoms. The predicted molar refractivity (Wildman–Crippen MR) is 121 cm³/mol. The number of nitro groups is 1. The highest BCUT2D eigenvalue weighted by molar-refractivity contribution is 7.99. The molecule has 0 aromatic heterocycles. The molecule has 3 aromatic carbocycles. The van der Waals surface area contributed by atoms with Crippen LogP contribution in [0.1, 0.15) is 12.5 Å². The van der Waals surface area contributed by atoms with Gasteiger partial charge in [0, 0.05) is 15.9 Å². The Morgan fingerprint density at radius 1 is 1.10 bits per heavy atom. The number of fused-ring (bicyclic) bond motifs is 2. The molecule has 1 aliphatic heterocycles. The maximum Gasteiger partial charge on any atom is 0.295 e. The molecular weight excluding hydrogens is 438 g/mol. The van der Waals surface area contributed by atoms with Gasteiger partial charge in [-0.2, -0.15) is 5.10 Å². The van der Waals surface area contributed by atoms with Crippen molar-refractivity contribution in [3.8, 4) is 0 Å². The molecule has 0 saturated carbocycles. The molecular formula is C20H17N5O4S2. The summed E-state index contributed by atoms with van der Waals surface area (Å²) in [6.07, 6.45) is 0. The van der Waals surface area contributed by atoms with E-state index in [1.807, 2.05) is 36.4 Å². The van der Waals surface area contributed by atoms with Gasteiger partial charge in [-0.25, -0.2) is 13.6 Å². The van der Waals surface area contributed by atoms with Gasteiger partial charge in [0.1, 0.15) is 5.69 Å². The number of sulfonamides is 1. The van der Waals surface area contributed by atoms with Crippen LogP contribution in [0, 0.1) is 10.1 Å². The molecule has 0 amide bonds. The Morgan fingerprint density at radius 3 is 2.58 bits per heavy atom. The molecule has 11 heteroatoms. The summed E-state index contributed by atoms with van der Waals surface area (Å²) in [7, 11) is -4.06. The number of primary sulfonamides is 1. The first kappa shape index (κ1) is 20.8. The molecule has 4 N–H and O–H groups in total. The lowest BCUT2D eigenvalue weighted by Crippen LogP contribution is -2.12. The Hall–Kier alpha value is -3.41. The van der Waals surface area contributed by atoms with Crippen molar-refractivity contribution >= 4 is 50.2 Å². The fourth-order valence-electron chi connectivity index (χ4n) is 3.01. The number of nitrogens with zero attached hydrogens (tertiary/aromatic N) is 2. The summed E-state index contributed by atoms with van der Waals surface area (Å²) in [5.74, 6) is 0. The lowest BCUT2D eigenvalue weighted by atomic mass is 10.1. The Balaban J connectivity index is 1.59. The van der Waals surface area contributed by atoms with Crippen molar-refractivity contribution in [3.05, 3.63) is 76.3 Å². The molecule has 0 bridgehead atoms. The van der Waals surface area contributed by atoms with E-state index in [1.165, 1.54) is 12.1 Å². The van der Waals surface area contributed by atoms with Gasteiger partial charge in [0.05, 0.1) is 26.9 Å². The SMILES string of the molecule is C/C(=N/Nc1ccc(S(N)(=O)=O)cc1[N+](=O)[O-])c1ccc2c(c1)Nc1ccccc1S2. The minimum Gasteiger partial charge on any atom is -0.354 e. The fraction of sp³-hybridized carbons (Fsp3) is 0.0500. The summed E-state index contributed by atoms with van der Waals surface area (Å²) in [6.45, 7) is 1.77. The normalized spacial score (nSPS) is 13.0. The maximum absolute atomic E-state index is 11.5. The largest absolute Gasteiger partial charge is 0.354 e. The molecule has 4 rings (SSSR count). The molecule has 0 fully saturated rings. The van der Waals surface area contributed by atoms with Crippen molar-refractivity contribution in [1.29, 1.82) is 0 Å². The molecule has 9 nitrogen and oxygen atoms in total. The Kier molecular flexibility index (Phi) is 5.39. The van der Waals surface area contributed by atoms with Gasteiger partial charge >= 0.3 is 0 Å². The average molecular weight is 456 g/mol. The number of hydrazone groups is 1. The van der Waals surface area contributed by atoms with E-state index in [1.54, 1.807) is 18.7 Å². The van der Waals surface area contributed by atoms with Crippen molar-refractivity contribution in [2.45, 2.75) is 21.6 Å². The number of para-hydroxylation sites is 1.